The van der Waals surface area contributed by atoms with Gasteiger partial charge in [0.2, 0.25) is 15.9 Å². The Morgan fingerprint density at radius 1 is 1.35 bits per heavy atom. The van der Waals surface area contributed by atoms with Gasteiger partial charge in [-0.15, -0.1) is 11.8 Å². The Labute approximate surface area is 142 Å². The van der Waals surface area contributed by atoms with Gasteiger partial charge in [-0.25, -0.2) is 12.7 Å². The van der Waals surface area contributed by atoms with Crippen LogP contribution in [0.4, 0.5) is 0 Å². The fourth-order valence-corrected chi connectivity index (χ4v) is 4.56. The minimum absolute atomic E-state index is 0.0327. The van der Waals surface area contributed by atoms with Crippen molar-refractivity contribution in [1.82, 2.24) is 9.62 Å². The van der Waals surface area contributed by atoms with Crippen molar-refractivity contribution in [3.8, 4) is 0 Å². The van der Waals surface area contributed by atoms with Gasteiger partial charge in [0.25, 0.3) is 0 Å². The molecule has 0 aliphatic carbocycles. The number of nitrogens with one attached hydrogen (secondary N) is 1. The third kappa shape index (κ3) is 5.51. The van der Waals surface area contributed by atoms with E-state index in [0.29, 0.717) is 19.6 Å². The minimum Gasteiger partial charge on any atom is -0.355 e. The Hall–Kier alpha value is -1.05. The maximum Gasteiger partial charge on any atom is 0.224 e. The summed E-state index contributed by atoms with van der Waals surface area (Å²) in [5.74, 6) is 0.635. The Kier molecular flexibility index (Phi) is 6.92. The van der Waals surface area contributed by atoms with Gasteiger partial charge in [-0.3, -0.25) is 4.79 Å². The summed E-state index contributed by atoms with van der Waals surface area (Å²) in [6.07, 6.45) is 1.50. The molecular formula is C16H24N2O3S2. The van der Waals surface area contributed by atoms with E-state index in [1.165, 1.54) is 9.20 Å². The van der Waals surface area contributed by atoms with E-state index in [4.69, 9.17) is 0 Å². The SMILES string of the molecule is CCS(=O)(=O)N1CCCC(C(=O)NCCSc2ccccc2)C1. The van der Waals surface area contributed by atoms with Crippen LogP contribution in [0.1, 0.15) is 19.8 Å². The first-order chi connectivity index (χ1) is 11.0. The smallest absolute Gasteiger partial charge is 0.224 e. The number of piperidine rings is 1. The molecule has 1 unspecified atom stereocenters. The van der Waals surface area contributed by atoms with Gasteiger partial charge in [0.15, 0.2) is 0 Å². The second kappa shape index (κ2) is 8.70. The fourth-order valence-electron chi connectivity index (χ4n) is 2.60. The molecule has 5 nitrogen and oxygen atoms in total. The summed E-state index contributed by atoms with van der Waals surface area (Å²) in [6, 6.07) is 10.0. The first-order valence-electron chi connectivity index (χ1n) is 7.96. The van der Waals surface area contributed by atoms with E-state index in [1.807, 2.05) is 30.3 Å². The highest BCUT2D eigenvalue weighted by Crippen LogP contribution is 2.20. The van der Waals surface area contributed by atoms with Crippen molar-refractivity contribution in [1.29, 1.82) is 0 Å². The first-order valence-corrected chi connectivity index (χ1v) is 10.6. The molecule has 23 heavy (non-hydrogen) atoms. The second-order valence-corrected chi connectivity index (χ2v) is 8.98. The van der Waals surface area contributed by atoms with Crippen LogP contribution in [-0.2, 0) is 14.8 Å². The maximum absolute atomic E-state index is 12.2. The second-order valence-electron chi connectivity index (χ2n) is 5.55. The lowest BCUT2D eigenvalue weighted by Gasteiger charge is -2.30. The van der Waals surface area contributed by atoms with Crippen molar-refractivity contribution in [2.45, 2.75) is 24.7 Å². The van der Waals surface area contributed by atoms with Crippen LogP contribution in [0.15, 0.2) is 35.2 Å². The van der Waals surface area contributed by atoms with Crippen LogP contribution in [0.5, 0.6) is 0 Å². The molecule has 1 aromatic carbocycles. The van der Waals surface area contributed by atoms with Gasteiger partial charge < -0.3 is 5.32 Å². The first kappa shape index (κ1) is 18.3. The highest BCUT2D eigenvalue weighted by atomic mass is 32.2. The number of benzene rings is 1. The number of sulfonamides is 1. The van der Waals surface area contributed by atoms with Crippen molar-refractivity contribution in [2.24, 2.45) is 5.92 Å². The summed E-state index contributed by atoms with van der Waals surface area (Å²) < 4.78 is 25.3. The average Bonchev–Trinajstić information content (AvgIpc) is 2.59. The summed E-state index contributed by atoms with van der Waals surface area (Å²) in [5.41, 5.74) is 0. The molecule has 1 amide bonds. The zero-order chi connectivity index (χ0) is 16.7. The molecule has 1 saturated heterocycles. The molecule has 1 aliphatic heterocycles. The van der Waals surface area contributed by atoms with Crippen LogP contribution in [-0.4, -0.2) is 49.8 Å². The Morgan fingerprint density at radius 3 is 2.78 bits per heavy atom. The van der Waals surface area contributed by atoms with Gasteiger partial charge >= 0.3 is 0 Å². The molecule has 1 heterocycles. The lowest BCUT2D eigenvalue weighted by molar-refractivity contribution is -0.125. The number of rotatable bonds is 7. The van der Waals surface area contributed by atoms with E-state index in [1.54, 1.807) is 18.7 Å². The number of hydrogen-bond acceptors (Lipinski definition) is 4. The largest absolute Gasteiger partial charge is 0.355 e. The molecule has 1 aromatic rings. The molecule has 1 fully saturated rings. The maximum atomic E-state index is 12.2. The topological polar surface area (TPSA) is 66.5 Å². The summed E-state index contributed by atoms with van der Waals surface area (Å²) in [4.78, 5) is 13.4. The molecule has 0 spiro atoms. The van der Waals surface area contributed by atoms with Crippen LogP contribution >= 0.6 is 11.8 Å². The molecule has 128 valence electrons. The molecule has 0 aromatic heterocycles. The third-order valence-electron chi connectivity index (χ3n) is 3.93. The standard InChI is InChI=1S/C16H24N2O3S2/c1-2-23(20,21)18-11-6-7-14(13-18)16(19)17-10-12-22-15-8-4-3-5-9-15/h3-5,8-9,14H,2,6-7,10-13H2,1H3,(H,17,19). The van der Waals surface area contributed by atoms with Crippen LogP contribution in [0.2, 0.25) is 0 Å². The Morgan fingerprint density at radius 2 is 2.09 bits per heavy atom. The van der Waals surface area contributed by atoms with Gasteiger partial charge in [-0.2, -0.15) is 0 Å². The highest BCUT2D eigenvalue weighted by molar-refractivity contribution is 7.99. The molecule has 1 N–H and O–H groups in total. The van der Waals surface area contributed by atoms with Crippen molar-refractivity contribution in [3.05, 3.63) is 30.3 Å². The minimum atomic E-state index is -3.20. The molecule has 1 aliphatic rings. The zero-order valence-corrected chi connectivity index (χ0v) is 15.0. The highest BCUT2D eigenvalue weighted by Gasteiger charge is 2.31. The summed E-state index contributed by atoms with van der Waals surface area (Å²) >= 11 is 1.70. The summed E-state index contributed by atoms with van der Waals surface area (Å²) in [6.45, 7) is 3.08. The number of thioether (sulfide) groups is 1. The van der Waals surface area contributed by atoms with E-state index in [0.717, 1.165) is 18.6 Å². The van der Waals surface area contributed by atoms with Gasteiger partial charge in [0.1, 0.15) is 0 Å². The summed E-state index contributed by atoms with van der Waals surface area (Å²) in [7, 11) is -3.20. The third-order valence-corrected chi connectivity index (χ3v) is 6.79. The van der Waals surface area contributed by atoms with Crippen molar-refractivity contribution >= 4 is 27.7 Å². The molecule has 0 saturated carbocycles. The van der Waals surface area contributed by atoms with E-state index in [2.05, 4.69) is 5.32 Å². The number of amides is 1. The van der Waals surface area contributed by atoms with E-state index >= 15 is 0 Å². The van der Waals surface area contributed by atoms with Gasteiger partial charge in [0, 0.05) is 30.3 Å². The van der Waals surface area contributed by atoms with E-state index in [9.17, 15) is 13.2 Å². The zero-order valence-electron chi connectivity index (χ0n) is 13.4. The van der Waals surface area contributed by atoms with Gasteiger partial charge in [-0.05, 0) is 31.9 Å². The van der Waals surface area contributed by atoms with Crippen LogP contribution in [0.3, 0.4) is 0 Å². The number of carbonyl (C=O) groups is 1. The van der Waals surface area contributed by atoms with E-state index in [-0.39, 0.29) is 17.6 Å². The van der Waals surface area contributed by atoms with Crippen molar-refractivity contribution in [2.75, 3.05) is 31.1 Å². The van der Waals surface area contributed by atoms with Gasteiger partial charge in [0.05, 0.1) is 11.7 Å². The van der Waals surface area contributed by atoms with Crippen LogP contribution < -0.4 is 5.32 Å². The molecule has 7 heteroatoms. The molecule has 1 atom stereocenters. The fraction of sp³-hybridized carbons (Fsp3) is 0.562. The Bertz CT molecular complexity index is 605. The van der Waals surface area contributed by atoms with Crippen LogP contribution in [0.25, 0.3) is 0 Å². The monoisotopic (exact) mass is 356 g/mol. The quantitative estimate of drug-likeness (QED) is 0.599. The summed E-state index contributed by atoms with van der Waals surface area (Å²) in [5, 5.41) is 2.93. The molecule has 0 radical (unpaired) electrons. The van der Waals surface area contributed by atoms with Crippen LogP contribution in [0, 0.1) is 5.92 Å². The Balaban J connectivity index is 1.75. The van der Waals surface area contributed by atoms with E-state index < -0.39 is 10.0 Å². The number of nitrogens with zero attached hydrogens (tertiary/aromatic N) is 1. The average molecular weight is 357 g/mol. The number of hydrogen-bond donors (Lipinski definition) is 1. The lowest BCUT2D eigenvalue weighted by Crippen LogP contribution is -2.46. The predicted molar refractivity (Wildman–Crippen MR) is 93.9 cm³/mol. The van der Waals surface area contributed by atoms with Gasteiger partial charge in [-0.1, -0.05) is 18.2 Å². The molecule has 2 rings (SSSR count). The lowest BCUT2D eigenvalue weighted by atomic mass is 9.99. The predicted octanol–water partition coefficient (Wildman–Crippen LogP) is 1.96. The molecule has 0 bridgehead atoms. The normalized spacial score (nSPS) is 19.4. The van der Waals surface area contributed by atoms with Crippen molar-refractivity contribution < 1.29 is 13.2 Å². The number of carbonyl (C=O) groups excluding carboxylic acids is 1. The van der Waals surface area contributed by atoms with Crippen molar-refractivity contribution in [3.63, 3.8) is 0 Å². The molecular weight excluding hydrogens is 332 g/mol.